The second kappa shape index (κ2) is 6.66. The van der Waals surface area contributed by atoms with E-state index in [2.05, 4.69) is 15.2 Å². The van der Waals surface area contributed by atoms with Crippen LogP contribution in [-0.2, 0) is 13.6 Å². The molecule has 7 nitrogen and oxygen atoms in total. The van der Waals surface area contributed by atoms with Gasteiger partial charge in [0, 0.05) is 51.7 Å². The normalized spacial score (nSPS) is 19.0. The SMILES string of the molecule is Cn1ccnc1C1CNCCN1Cc1ccc([N+](=O)[O-])c(Cl)c1. The van der Waals surface area contributed by atoms with E-state index < -0.39 is 4.92 Å². The molecule has 1 aromatic heterocycles. The molecule has 1 unspecified atom stereocenters. The Kier molecular flexibility index (Phi) is 4.61. The van der Waals surface area contributed by atoms with Gasteiger partial charge in [-0.3, -0.25) is 15.0 Å². The van der Waals surface area contributed by atoms with Crippen molar-refractivity contribution >= 4 is 17.3 Å². The lowest BCUT2D eigenvalue weighted by molar-refractivity contribution is -0.384. The Hall–Kier alpha value is -1.96. The number of nitrogens with zero attached hydrogens (tertiary/aromatic N) is 4. The van der Waals surface area contributed by atoms with Crippen LogP contribution in [0.3, 0.4) is 0 Å². The Labute approximate surface area is 139 Å². The van der Waals surface area contributed by atoms with Gasteiger partial charge in [-0.25, -0.2) is 4.98 Å². The summed E-state index contributed by atoms with van der Waals surface area (Å²) in [5.41, 5.74) is 0.901. The van der Waals surface area contributed by atoms with Crippen LogP contribution in [0.1, 0.15) is 17.4 Å². The first kappa shape index (κ1) is 15.9. The highest BCUT2D eigenvalue weighted by Gasteiger charge is 2.27. The van der Waals surface area contributed by atoms with Gasteiger partial charge >= 0.3 is 0 Å². The Bertz CT molecular complexity index is 718. The summed E-state index contributed by atoms with van der Waals surface area (Å²) < 4.78 is 2.02. The van der Waals surface area contributed by atoms with Gasteiger partial charge in [-0.05, 0) is 11.6 Å². The molecule has 23 heavy (non-hydrogen) atoms. The Morgan fingerprint density at radius 1 is 1.52 bits per heavy atom. The summed E-state index contributed by atoms with van der Waals surface area (Å²) in [6, 6.07) is 5.08. The van der Waals surface area contributed by atoms with E-state index in [1.807, 2.05) is 17.8 Å². The van der Waals surface area contributed by atoms with Crippen LogP contribution in [0, 0.1) is 10.1 Å². The van der Waals surface area contributed by atoms with Crippen molar-refractivity contribution in [2.75, 3.05) is 19.6 Å². The lowest BCUT2D eigenvalue weighted by Crippen LogP contribution is -2.46. The molecule has 0 radical (unpaired) electrons. The van der Waals surface area contributed by atoms with Crippen molar-refractivity contribution in [3.05, 3.63) is 57.1 Å². The summed E-state index contributed by atoms with van der Waals surface area (Å²) in [6.45, 7) is 3.29. The molecule has 1 fully saturated rings. The number of nitrogens with one attached hydrogen (secondary N) is 1. The number of hydrogen-bond donors (Lipinski definition) is 1. The van der Waals surface area contributed by atoms with Crippen LogP contribution in [0.2, 0.25) is 5.02 Å². The number of nitro groups is 1. The third-order valence-corrected chi connectivity index (χ3v) is 4.41. The molecule has 122 valence electrons. The number of imidazole rings is 1. The van der Waals surface area contributed by atoms with E-state index in [0.29, 0.717) is 6.54 Å². The van der Waals surface area contributed by atoms with Crippen LogP contribution < -0.4 is 5.32 Å². The van der Waals surface area contributed by atoms with Crippen LogP contribution in [0.5, 0.6) is 0 Å². The highest BCUT2D eigenvalue weighted by atomic mass is 35.5. The van der Waals surface area contributed by atoms with Gasteiger partial charge in [-0.15, -0.1) is 0 Å². The molecule has 8 heteroatoms. The van der Waals surface area contributed by atoms with Crippen LogP contribution in [0.4, 0.5) is 5.69 Å². The fraction of sp³-hybridized carbons (Fsp3) is 0.400. The number of halogens is 1. The molecule has 2 aromatic rings. The highest BCUT2D eigenvalue weighted by Crippen LogP contribution is 2.28. The third-order valence-electron chi connectivity index (χ3n) is 4.11. The number of aromatic nitrogens is 2. The summed E-state index contributed by atoms with van der Waals surface area (Å²) in [4.78, 5) is 17.2. The second-order valence-corrected chi connectivity index (χ2v) is 6.04. The second-order valence-electron chi connectivity index (χ2n) is 5.63. The van der Waals surface area contributed by atoms with Gasteiger partial charge < -0.3 is 9.88 Å². The quantitative estimate of drug-likeness (QED) is 0.684. The summed E-state index contributed by atoms with van der Waals surface area (Å²) in [5.74, 6) is 1.00. The molecule has 0 spiro atoms. The zero-order valence-corrected chi connectivity index (χ0v) is 13.5. The van der Waals surface area contributed by atoms with E-state index in [-0.39, 0.29) is 16.8 Å². The fourth-order valence-electron chi connectivity index (χ4n) is 2.92. The van der Waals surface area contributed by atoms with E-state index in [0.717, 1.165) is 31.0 Å². The molecule has 1 atom stereocenters. The number of piperazine rings is 1. The molecule has 2 heterocycles. The molecular weight excluding hydrogens is 318 g/mol. The van der Waals surface area contributed by atoms with Gasteiger partial charge in [0.05, 0.1) is 11.0 Å². The van der Waals surface area contributed by atoms with E-state index in [4.69, 9.17) is 11.6 Å². The van der Waals surface area contributed by atoms with Crippen LogP contribution in [0.15, 0.2) is 30.6 Å². The Morgan fingerprint density at radius 3 is 3.00 bits per heavy atom. The maximum absolute atomic E-state index is 10.9. The first-order valence-electron chi connectivity index (χ1n) is 7.41. The molecular formula is C15H18ClN5O2. The van der Waals surface area contributed by atoms with Crippen molar-refractivity contribution in [1.82, 2.24) is 19.8 Å². The average Bonchev–Trinajstić information content (AvgIpc) is 2.93. The zero-order valence-electron chi connectivity index (χ0n) is 12.8. The average molecular weight is 336 g/mol. The molecule has 1 saturated heterocycles. The van der Waals surface area contributed by atoms with Crippen LogP contribution in [0.25, 0.3) is 0 Å². The standard InChI is InChI=1S/C15H18ClN5O2/c1-19-6-5-18-15(19)14-9-17-4-7-20(14)10-11-2-3-13(21(22)23)12(16)8-11/h2-3,5-6,8,14,17H,4,7,9-10H2,1H3. The van der Waals surface area contributed by atoms with Crippen molar-refractivity contribution in [2.45, 2.75) is 12.6 Å². The van der Waals surface area contributed by atoms with Gasteiger partial charge in [0.25, 0.3) is 5.69 Å². The zero-order chi connectivity index (χ0) is 16.4. The van der Waals surface area contributed by atoms with Crippen molar-refractivity contribution in [3.63, 3.8) is 0 Å². The summed E-state index contributed by atoms with van der Waals surface area (Å²) in [6.07, 6.45) is 3.73. The Balaban J connectivity index is 1.81. The predicted molar refractivity (Wildman–Crippen MR) is 87.3 cm³/mol. The smallest absolute Gasteiger partial charge is 0.287 e. The van der Waals surface area contributed by atoms with Crippen molar-refractivity contribution in [2.24, 2.45) is 7.05 Å². The monoisotopic (exact) mass is 335 g/mol. The molecule has 0 aliphatic carbocycles. The number of aryl methyl sites for hydroxylation is 1. The van der Waals surface area contributed by atoms with Crippen LogP contribution >= 0.6 is 11.6 Å². The van der Waals surface area contributed by atoms with Crippen molar-refractivity contribution < 1.29 is 4.92 Å². The number of nitro benzene ring substituents is 1. The number of rotatable bonds is 4. The molecule has 0 saturated carbocycles. The number of hydrogen-bond acceptors (Lipinski definition) is 5. The van der Waals surface area contributed by atoms with E-state index in [9.17, 15) is 10.1 Å². The van der Waals surface area contributed by atoms with Gasteiger partial charge in [0.2, 0.25) is 0 Å². The molecule has 1 aromatic carbocycles. The number of benzene rings is 1. The first-order chi connectivity index (χ1) is 11.1. The molecule has 1 aliphatic rings. The summed E-state index contributed by atoms with van der Waals surface area (Å²) in [7, 11) is 1.98. The predicted octanol–water partition coefficient (Wildman–Crippen LogP) is 2.13. The minimum atomic E-state index is -0.465. The largest absolute Gasteiger partial charge is 0.337 e. The van der Waals surface area contributed by atoms with Gasteiger partial charge in [0.1, 0.15) is 10.8 Å². The lowest BCUT2D eigenvalue weighted by atomic mass is 10.1. The lowest BCUT2D eigenvalue weighted by Gasteiger charge is -2.35. The molecule has 1 aliphatic heterocycles. The van der Waals surface area contributed by atoms with Gasteiger partial charge in [-0.2, -0.15) is 0 Å². The van der Waals surface area contributed by atoms with E-state index in [1.54, 1.807) is 18.3 Å². The van der Waals surface area contributed by atoms with Crippen LogP contribution in [-0.4, -0.2) is 39.0 Å². The van der Waals surface area contributed by atoms with E-state index >= 15 is 0 Å². The minimum absolute atomic E-state index is 0.0589. The fourth-order valence-corrected chi connectivity index (χ4v) is 3.19. The van der Waals surface area contributed by atoms with Gasteiger partial charge in [0.15, 0.2) is 0 Å². The maximum Gasteiger partial charge on any atom is 0.287 e. The highest BCUT2D eigenvalue weighted by molar-refractivity contribution is 6.32. The van der Waals surface area contributed by atoms with E-state index in [1.165, 1.54) is 6.07 Å². The molecule has 0 amide bonds. The molecule has 1 N–H and O–H groups in total. The molecule has 0 bridgehead atoms. The molecule has 3 rings (SSSR count). The topological polar surface area (TPSA) is 76.2 Å². The Morgan fingerprint density at radius 2 is 2.35 bits per heavy atom. The third kappa shape index (κ3) is 3.36. The maximum atomic E-state index is 10.9. The summed E-state index contributed by atoms with van der Waals surface area (Å²) in [5, 5.41) is 14.4. The van der Waals surface area contributed by atoms with Crippen molar-refractivity contribution in [3.8, 4) is 0 Å². The van der Waals surface area contributed by atoms with Crippen molar-refractivity contribution in [1.29, 1.82) is 0 Å². The summed E-state index contributed by atoms with van der Waals surface area (Å²) >= 11 is 6.01. The first-order valence-corrected chi connectivity index (χ1v) is 7.79. The minimum Gasteiger partial charge on any atom is -0.337 e. The van der Waals surface area contributed by atoms with Gasteiger partial charge in [-0.1, -0.05) is 17.7 Å².